The molecule has 1 N–H and O–H groups in total. The van der Waals surface area contributed by atoms with Crippen molar-refractivity contribution in [2.75, 3.05) is 33.9 Å². The lowest BCUT2D eigenvalue weighted by Crippen LogP contribution is -2.32. The van der Waals surface area contributed by atoms with Gasteiger partial charge in [-0.2, -0.15) is 0 Å². The van der Waals surface area contributed by atoms with Crippen LogP contribution in [0.3, 0.4) is 0 Å². The van der Waals surface area contributed by atoms with Crippen LogP contribution in [-0.2, 0) is 23.0 Å². The van der Waals surface area contributed by atoms with E-state index in [0.717, 1.165) is 50.4 Å². The Labute approximate surface area is 190 Å². The second-order valence-electron chi connectivity index (χ2n) is 7.05. The average molecular weight is 519 g/mol. The highest BCUT2D eigenvalue weighted by Crippen LogP contribution is 2.33. The van der Waals surface area contributed by atoms with E-state index in [4.69, 9.17) is 21.1 Å². The van der Waals surface area contributed by atoms with Crippen LogP contribution in [0.4, 0.5) is 0 Å². The first-order valence-electron chi connectivity index (χ1n) is 9.61. The summed E-state index contributed by atoms with van der Waals surface area (Å²) < 4.78 is 38.6. The third-order valence-corrected chi connectivity index (χ3v) is 7.63. The molecule has 3 rings (SSSR count). The smallest absolute Gasteiger partial charge is 0.242 e. The molecule has 0 unspecified atom stereocenters. The van der Waals surface area contributed by atoms with Crippen LogP contribution in [0.15, 0.2) is 33.8 Å². The molecule has 0 bridgehead atoms. The summed E-state index contributed by atoms with van der Waals surface area (Å²) in [6.45, 7) is 3.10. The number of unbranched alkanes of at least 4 members (excludes halogenated alkanes) is 1. The first-order chi connectivity index (χ1) is 14.3. The molecule has 1 aromatic carbocycles. The Bertz CT molecular complexity index is 1000. The van der Waals surface area contributed by atoms with Crippen LogP contribution in [0.2, 0.25) is 5.15 Å². The van der Waals surface area contributed by atoms with Gasteiger partial charge in [-0.3, -0.25) is 4.90 Å². The van der Waals surface area contributed by atoms with E-state index < -0.39 is 10.0 Å². The number of rotatable bonds is 9. The molecule has 2 aromatic rings. The third kappa shape index (κ3) is 5.64. The van der Waals surface area contributed by atoms with Crippen LogP contribution < -0.4 is 14.2 Å². The van der Waals surface area contributed by atoms with Crippen LogP contribution in [0.5, 0.6) is 11.5 Å². The number of halogens is 2. The summed E-state index contributed by atoms with van der Waals surface area (Å²) in [5, 5.41) is 0.230. The Morgan fingerprint density at radius 3 is 2.53 bits per heavy atom. The number of nitrogens with zero attached hydrogens (tertiary/aromatic N) is 2. The fourth-order valence-corrected chi connectivity index (χ4v) is 5.08. The lowest BCUT2D eigenvalue weighted by Gasteiger charge is -2.29. The van der Waals surface area contributed by atoms with Gasteiger partial charge in [0, 0.05) is 25.8 Å². The summed E-state index contributed by atoms with van der Waals surface area (Å²) in [4.78, 5) is 6.34. The summed E-state index contributed by atoms with van der Waals surface area (Å²) in [6.07, 6.45) is 3.86. The minimum Gasteiger partial charge on any atom is -0.493 e. The Hall–Kier alpha value is -1.39. The number of methoxy groups -OCH3 is 2. The molecule has 1 aliphatic rings. The first-order valence-corrected chi connectivity index (χ1v) is 12.3. The zero-order chi connectivity index (χ0) is 21.7. The van der Waals surface area contributed by atoms with Crippen molar-refractivity contribution >= 4 is 37.6 Å². The van der Waals surface area contributed by atoms with Crippen LogP contribution in [0, 0.1) is 0 Å². The average Bonchev–Trinajstić information content (AvgIpc) is 2.74. The molecule has 0 fully saturated rings. The van der Waals surface area contributed by atoms with Crippen molar-refractivity contribution < 1.29 is 17.9 Å². The SMILES string of the molecule is COc1cc2c(cc1OC)CN(CCCCNS(=O)(=O)c1cnc(Cl)c(Br)c1)CC2. The lowest BCUT2D eigenvalue weighted by molar-refractivity contribution is 0.248. The molecule has 0 atom stereocenters. The van der Waals surface area contributed by atoms with E-state index in [2.05, 4.69) is 36.6 Å². The molecule has 0 saturated heterocycles. The summed E-state index contributed by atoms with van der Waals surface area (Å²) in [5.74, 6) is 1.51. The number of ether oxygens (including phenoxy) is 2. The lowest BCUT2D eigenvalue weighted by atomic mass is 9.98. The van der Waals surface area contributed by atoms with Gasteiger partial charge in [-0.15, -0.1) is 0 Å². The van der Waals surface area contributed by atoms with E-state index in [0.29, 0.717) is 11.0 Å². The predicted molar refractivity (Wildman–Crippen MR) is 120 cm³/mol. The number of fused-ring (bicyclic) bond motifs is 1. The Kier molecular flexibility index (Phi) is 7.98. The maximum atomic E-state index is 12.4. The fraction of sp³-hybridized carbons (Fsp3) is 0.450. The molecule has 10 heteroatoms. The molecule has 164 valence electrons. The van der Waals surface area contributed by atoms with Crippen molar-refractivity contribution in [1.29, 1.82) is 0 Å². The van der Waals surface area contributed by atoms with Gasteiger partial charge in [0.25, 0.3) is 0 Å². The van der Waals surface area contributed by atoms with Gasteiger partial charge in [-0.25, -0.2) is 18.1 Å². The van der Waals surface area contributed by atoms with Crippen LogP contribution >= 0.6 is 27.5 Å². The number of pyridine rings is 1. The number of nitrogens with one attached hydrogen (secondary N) is 1. The quantitative estimate of drug-likeness (QED) is 0.403. The summed E-state index contributed by atoms with van der Waals surface area (Å²) in [5.41, 5.74) is 2.54. The molecule has 0 aliphatic carbocycles. The molecule has 0 spiro atoms. The first kappa shape index (κ1) is 23.3. The van der Waals surface area contributed by atoms with E-state index >= 15 is 0 Å². The van der Waals surface area contributed by atoms with Gasteiger partial charge in [0.15, 0.2) is 11.5 Å². The topological polar surface area (TPSA) is 80.8 Å². The highest BCUT2D eigenvalue weighted by molar-refractivity contribution is 9.10. The molecule has 0 amide bonds. The van der Waals surface area contributed by atoms with Gasteiger partial charge >= 0.3 is 0 Å². The molecule has 1 aliphatic heterocycles. The Morgan fingerprint density at radius 2 is 1.87 bits per heavy atom. The van der Waals surface area contributed by atoms with Gasteiger partial charge in [-0.05, 0) is 71.1 Å². The molecule has 0 radical (unpaired) electrons. The highest BCUT2D eigenvalue weighted by Gasteiger charge is 2.19. The van der Waals surface area contributed by atoms with E-state index in [1.807, 2.05) is 6.07 Å². The fourth-order valence-electron chi connectivity index (χ4n) is 3.43. The molecule has 30 heavy (non-hydrogen) atoms. The Morgan fingerprint density at radius 1 is 1.17 bits per heavy atom. The van der Waals surface area contributed by atoms with Gasteiger partial charge in [0.1, 0.15) is 10.0 Å². The molecular formula is C20H25BrClN3O4S. The van der Waals surface area contributed by atoms with E-state index in [1.165, 1.54) is 23.4 Å². The maximum Gasteiger partial charge on any atom is 0.242 e. The molecule has 2 heterocycles. The van der Waals surface area contributed by atoms with Crippen LogP contribution in [0.1, 0.15) is 24.0 Å². The van der Waals surface area contributed by atoms with Gasteiger partial charge in [-0.1, -0.05) is 11.6 Å². The monoisotopic (exact) mass is 517 g/mol. The van der Waals surface area contributed by atoms with Crippen molar-refractivity contribution in [3.05, 3.63) is 45.1 Å². The van der Waals surface area contributed by atoms with Crippen molar-refractivity contribution in [3.63, 3.8) is 0 Å². The van der Waals surface area contributed by atoms with Crippen molar-refractivity contribution in [2.45, 2.75) is 30.7 Å². The van der Waals surface area contributed by atoms with E-state index in [9.17, 15) is 8.42 Å². The van der Waals surface area contributed by atoms with Gasteiger partial charge < -0.3 is 9.47 Å². The van der Waals surface area contributed by atoms with Crippen molar-refractivity contribution in [2.24, 2.45) is 0 Å². The number of hydrogen-bond acceptors (Lipinski definition) is 6. The van der Waals surface area contributed by atoms with Crippen LogP contribution in [-0.4, -0.2) is 52.2 Å². The standard InChI is InChI=1S/C20H25BrClN3O4S/c1-28-18-9-14-5-8-25(13-15(14)10-19(18)29-2)7-4-3-6-24-30(26,27)16-11-17(21)20(22)23-12-16/h9-12,24H,3-8,13H2,1-2H3. The molecule has 1 aromatic heterocycles. The minimum atomic E-state index is -3.60. The predicted octanol–water partition coefficient (Wildman–Crippen LogP) is 3.63. The summed E-state index contributed by atoms with van der Waals surface area (Å²) in [6, 6.07) is 5.56. The molecular weight excluding hydrogens is 494 g/mol. The van der Waals surface area contributed by atoms with Crippen molar-refractivity contribution in [1.82, 2.24) is 14.6 Å². The van der Waals surface area contributed by atoms with Crippen LogP contribution in [0.25, 0.3) is 0 Å². The number of benzene rings is 1. The normalized spacial score (nSPS) is 14.4. The summed E-state index contributed by atoms with van der Waals surface area (Å²) in [7, 11) is -0.307. The van der Waals surface area contributed by atoms with Gasteiger partial charge in [0.05, 0.1) is 18.7 Å². The maximum absolute atomic E-state index is 12.4. The molecule has 0 saturated carbocycles. The number of hydrogen-bond donors (Lipinski definition) is 1. The highest BCUT2D eigenvalue weighted by atomic mass is 79.9. The van der Waals surface area contributed by atoms with E-state index in [-0.39, 0.29) is 10.0 Å². The zero-order valence-corrected chi connectivity index (χ0v) is 20.1. The second kappa shape index (κ2) is 10.3. The zero-order valence-electron chi connectivity index (χ0n) is 17.0. The van der Waals surface area contributed by atoms with Crippen molar-refractivity contribution in [3.8, 4) is 11.5 Å². The van der Waals surface area contributed by atoms with Gasteiger partial charge in [0.2, 0.25) is 10.0 Å². The largest absolute Gasteiger partial charge is 0.493 e. The third-order valence-electron chi connectivity index (χ3n) is 5.07. The number of sulfonamides is 1. The summed E-state index contributed by atoms with van der Waals surface area (Å²) >= 11 is 9.02. The minimum absolute atomic E-state index is 0.0933. The number of aromatic nitrogens is 1. The van der Waals surface area contributed by atoms with E-state index in [1.54, 1.807) is 14.2 Å². The molecule has 7 nitrogen and oxygen atoms in total. The second-order valence-corrected chi connectivity index (χ2v) is 10.0. The Balaban J connectivity index is 1.47.